The Hall–Kier alpha value is -3.61. The number of rotatable bonds is 4. The largest absolute Gasteiger partial charge is 0.416 e. The van der Waals surface area contributed by atoms with Gasteiger partial charge in [0.05, 0.1) is 16.6 Å². The van der Waals surface area contributed by atoms with E-state index in [1.165, 1.54) is 16.8 Å². The van der Waals surface area contributed by atoms with Gasteiger partial charge in [-0.15, -0.1) is 5.10 Å². The monoisotopic (exact) mass is 409 g/mol. The molecule has 0 saturated carbocycles. The Kier molecular flexibility index (Phi) is 5.03. The van der Waals surface area contributed by atoms with Crippen molar-refractivity contribution in [3.63, 3.8) is 0 Å². The van der Waals surface area contributed by atoms with Gasteiger partial charge in [0, 0.05) is 11.9 Å². The molecule has 4 aromatic rings. The molecule has 0 aliphatic rings. The van der Waals surface area contributed by atoms with Gasteiger partial charge in [0.15, 0.2) is 5.82 Å². The first kappa shape index (κ1) is 19.7. The fourth-order valence-corrected chi connectivity index (χ4v) is 3.25. The van der Waals surface area contributed by atoms with Crippen molar-refractivity contribution in [3.05, 3.63) is 99.8 Å². The van der Waals surface area contributed by atoms with E-state index in [0.29, 0.717) is 27.8 Å². The van der Waals surface area contributed by atoms with Gasteiger partial charge in [-0.2, -0.15) is 17.9 Å². The summed E-state index contributed by atoms with van der Waals surface area (Å²) in [5.41, 5.74) is 1.37. The first-order chi connectivity index (χ1) is 14.3. The molecule has 0 aliphatic carbocycles. The molecule has 0 amide bonds. The molecule has 0 radical (unpaired) electrons. The summed E-state index contributed by atoms with van der Waals surface area (Å²) >= 11 is 0. The van der Waals surface area contributed by atoms with Crippen LogP contribution in [0.25, 0.3) is 16.5 Å². The minimum Gasteiger partial charge on any atom is -0.364 e. The Balaban J connectivity index is 1.71. The minimum absolute atomic E-state index is 0.240. The van der Waals surface area contributed by atoms with Crippen molar-refractivity contribution in [1.29, 1.82) is 0 Å². The van der Waals surface area contributed by atoms with Crippen LogP contribution in [-0.2, 0) is 12.7 Å². The number of nitrogens with zero attached hydrogens (tertiary/aromatic N) is 2. The number of anilines is 1. The maximum absolute atomic E-state index is 13.0. The summed E-state index contributed by atoms with van der Waals surface area (Å²) in [6, 6.07) is 19.5. The van der Waals surface area contributed by atoms with Gasteiger partial charge in [0.25, 0.3) is 5.56 Å². The number of hydrogen-bond acceptors (Lipinski definition) is 3. The van der Waals surface area contributed by atoms with Crippen LogP contribution in [0.5, 0.6) is 0 Å². The van der Waals surface area contributed by atoms with E-state index in [-0.39, 0.29) is 12.1 Å². The van der Waals surface area contributed by atoms with E-state index < -0.39 is 11.7 Å². The lowest BCUT2D eigenvalue weighted by atomic mass is 10.1. The molecule has 1 heterocycles. The number of aryl methyl sites for hydroxylation is 1. The van der Waals surface area contributed by atoms with E-state index in [1.54, 1.807) is 24.3 Å². The van der Waals surface area contributed by atoms with Gasteiger partial charge in [0.1, 0.15) is 0 Å². The smallest absolute Gasteiger partial charge is 0.364 e. The number of fused-ring (bicyclic) bond motifs is 1. The molecule has 0 fully saturated rings. The maximum atomic E-state index is 13.0. The molecule has 0 atom stereocenters. The lowest BCUT2D eigenvalue weighted by Gasteiger charge is -2.13. The Morgan fingerprint density at radius 1 is 0.933 bits per heavy atom. The van der Waals surface area contributed by atoms with Gasteiger partial charge in [-0.1, -0.05) is 42.5 Å². The first-order valence-corrected chi connectivity index (χ1v) is 9.32. The summed E-state index contributed by atoms with van der Waals surface area (Å²) in [6.45, 7) is 2.19. The van der Waals surface area contributed by atoms with Crippen LogP contribution in [0.1, 0.15) is 16.7 Å². The normalized spacial score (nSPS) is 11.6. The molecule has 30 heavy (non-hydrogen) atoms. The average Bonchev–Trinajstić information content (AvgIpc) is 2.73. The van der Waals surface area contributed by atoms with Gasteiger partial charge in [-0.3, -0.25) is 4.79 Å². The number of hydrogen-bond donors (Lipinski definition) is 1. The Labute approximate surface area is 170 Å². The molecule has 0 unspecified atom stereocenters. The fraction of sp³-hybridized carbons (Fsp3) is 0.130. The molecular formula is C23H18F3N3O. The fourth-order valence-electron chi connectivity index (χ4n) is 3.25. The summed E-state index contributed by atoms with van der Waals surface area (Å²) in [6.07, 6.45) is -4.37. The number of aromatic nitrogens is 2. The highest BCUT2D eigenvalue weighted by atomic mass is 19.4. The molecule has 152 valence electrons. The standard InChI is InChI=1S/C23H18F3N3O/c1-15-5-4-6-18(13-15)29-22(30)20-8-3-2-7-19(20)21(28-29)27-14-16-9-11-17(12-10-16)23(24,25)26/h2-13H,14H2,1H3,(H,27,28). The second-order valence-electron chi connectivity index (χ2n) is 7.00. The number of benzene rings is 3. The molecular weight excluding hydrogens is 391 g/mol. The van der Waals surface area contributed by atoms with Crippen LogP contribution in [0.4, 0.5) is 19.0 Å². The van der Waals surface area contributed by atoms with Crippen molar-refractivity contribution in [1.82, 2.24) is 9.78 Å². The predicted octanol–water partition coefficient (Wildman–Crippen LogP) is 5.33. The molecule has 0 aliphatic heterocycles. The van der Waals surface area contributed by atoms with Crippen molar-refractivity contribution in [2.24, 2.45) is 0 Å². The quantitative estimate of drug-likeness (QED) is 0.496. The number of alkyl halides is 3. The molecule has 7 heteroatoms. The maximum Gasteiger partial charge on any atom is 0.416 e. The van der Waals surface area contributed by atoms with Gasteiger partial charge < -0.3 is 5.32 Å². The third-order valence-electron chi connectivity index (χ3n) is 4.79. The third kappa shape index (κ3) is 3.91. The minimum atomic E-state index is -4.37. The Morgan fingerprint density at radius 2 is 1.63 bits per heavy atom. The number of nitrogens with one attached hydrogen (secondary N) is 1. The SMILES string of the molecule is Cc1cccc(-n2nc(NCc3ccc(C(F)(F)F)cc3)c3ccccc3c2=O)c1. The summed E-state index contributed by atoms with van der Waals surface area (Å²) in [4.78, 5) is 13.0. The van der Waals surface area contributed by atoms with Crippen LogP contribution < -0.4 is 10.9 Å². The van der Waals surface area contributed by atoms with Crippen molar-refractivity contribution >= 4 is 16.6 Å². The zero-order valence-electron chi connectivity index (χ0n) is 16.1. The van der Waals surface area contributed by atoms with Crippen molar-refractivity contribution in [2.75, 3.05) is 5.32 Å². The molecule has 4 nitrogen and oxygen atoms in total. The van der Waals surface area contributed by atoms with Gasteiger partial charge >= 0.3 is 6.18 Å². The Morgan fingerprint density at radius 3 is 2.30 bits per heavy atom. The highest BCUT2D eigenvalue weighted by Gasteiger charge is 2.29. The number of halogens is 3. The summed E-state index contributed by atoms with van der Waals surface area (Å²) in [5, 5.41) is 8.81. The zero-order valence-corrected chi connectivity index (χ0v) is 16.1. The van der Waals surface area contributed by atoms with Gasteiger partial charge in [-0.05, 0) is 48.4 Å². The van der Waals surface area contributed by atoms with E-state index >= 15 is 0 Å². The van der Waals surface area contributed by atoms with E-state index in [2.05, 4.69) is 10.4 Å². The van der Waals surface area contributed by atoms with Crippen LogP contribution in [0.2, 0.25) is 0 Å². The highest BCUT2D eigenvalue weighted by molar-refractivity contribution is 5.91. The third-order valence-corrected chi connectivity index (χ3v) is 4.79. The molecule has 0 bridgehead atoms. The molecule has 1 aromatic heterocycles. The van der Waals surface area contributed by atoms with E-state index in [1.807, 2.05) is 31.2 Å². The topological polar surface area (TPSA) is 46.9 Å². The van der Waals surface area contributed by atoms with Crippen LogP contribution >= 0.6 is 0 Å². The van der Waals surface area contributed by atoms with E-state index in [9.17, 15) is 18.0 Å². The lowest BCUT2D eigenvalue weighted by molar-refractivity contribution is -0.137. The van der Waals surface area contributed by atoms with Crippen molar-refractivity contribution in [2.45, 2.75) is 19.6 Å². The predicted molar refractivity (Wildman–Crippen MR) is 111 cm³/mol. The van der Waals surface area contributed by atoms with Gasteiger partial charge in [0.2, 0.25) is 0 Å². The summed E-state index contributed by atoms with van der Waals surface area (Å²) < 4.78 is 39.6. The van der Waals surface area contributed by atoms with Crippen molar-refractivity contribution in [3.8, 4) is 5.69 Å². The highest BCUT2D eigenvalue weighted by Crippen LogP contribution is 2.29. The average molecular weight is 409 g/mol. The van der Waals surface area contributed by atoms with Gasteiger partial charge in [-0.25, -0.2) is 0 Å². The molecule has 3 aromatic carbocycles. The zero-order chi connectivity index (χ0) is 21.3. The van der Waals surface area contributed by atoms with Crippen LogP contribution in [0.3, 0.4) is 0 Å². The van der Waals surface area contributed by atoms with Crippen LogP contribution in [0.15, 0.2) is 77.6 Å². The molecule has 0 spiro atoms. The van der Waals surface area contributed by atoms with Crippen LogP contribution in [-0.4, -0.2) is 9.78 Å². The molecule has 0 saturated heterocycles. The van der Waals surface area contributed by atoms with E-state index in [0.717, 1.165) is 17.7 Å². The lowest BCUT2D eigenvalue weighted by Crippen LogP contribution is -2.23. The summed E-state index contributed by atoms with van der Waals surface area (Å²) in [5.74, 6) is 0.478. The molecule has 1 N–H and O–H groups in total. The van der Waals surface area contributed by atoms with Crippen molar-refractivity contribution < 1.29 is 13.2 Å². The Bertz CT molecular complexity index is 1260. The second kappa shape index (κ2) is 7.67. The van der Waals surface area contributed by atoms with Crippen LogP contribution in [0, 0.1) is 6.92 Å². The van der Waals surface area contributed by atoms with E-state index in [4.69, 9.17) is 0 Å². The first-order valence-electron chi connectivity index (χ1n) is 9.32. The molecule has 4 rings (SSSR count). The second-order valence-corrected chi connectivity index (χ2v) is 7.00. The summed E-state index contributed by atoms with van der Waals surface area (Å²) in [7, 11) is 0.